The summed E-state index contributed by atoms with van der Waals surface area (Å²) in [6.07, 6.45) is 10.9. The highest BCUT2D eigenvalue weighted by atomic mass is 16.1. The number of benzene rings is 1. The summed E-state index contributed by atoms with van der Waals surface area (Å²) in [6, 6.07) is 15.7. The zero-order valence-corrected chi connectivity index (χ0v) is 16.5. The minimum Gasteiger partial charge on any atom is -0.306 e. The Hall–Kier alpha value is -4.42. The van der Waals surface area contributed by atoms with E-state index < -0.39 is 0 Å². The maximum absolute atomic E-state index is 12.3. The van der Waals surface area contributed by atoms with Gasteiger partial charge in [-0.05, 0) is 43.7 Å². The second-order valence-electron chi connectivity index (χ2n) is 6.81. The number of hydrogen-bond donors (Lipinski definition) is 1. The van der Waals surface area contributed by atoms with Crippen LogP contribution in [0.25, 0.3) is 28.0 Å². The van der Waals surface area contributed by atoms with Crippen LogP contribution in [0, 0.1) is 30.7 Å². The molecule has 0 saturated carbocycles. The van der Waals surface area contributed by atoms with Crippen molar-refractivity contribution in [3.63, 3.8) is 0 Å². The van der Waals surface area contributed by atoms with Gasteiger partial charge in [0.1, 0.15) is 11.5 Å². The van der Waals surface area contributed by atoms with E-state index in [4.69, 9.17) is 11.4 Å². The van der Waals surface area contributed by atoms with Gasteiger partial charge in [0.15, 0.2) is 5.78 Å². The Kier molecular flexibility index (Phi) is 4.75. The summed E-state index contributed by atoms with van der Waals surface area (Å²) in [5.41, 5.74) is 5.62. The number of carbonyl (C=O) groups is 1. The fourth-order valence-corrected chi connectivity index (χ4v) is 3.46. The van der Waals surface area contributed by atoms with E-state index in [1.807, 2.05) is 48.0 Å². The smallest absolute Gasteiger partial charge is 0.163 e. The monoisotopic (exact) mass is 391 g/mol. The predicted molar refractivity (Wildman–Crippen MR) is 116 cm³/mol. The highest BCUT2D eigenvalue weighted by Gasteiger charge is 2.19. The number of nitrogens with one attached hydrogen (secondary N) is 1. The van der Waals surface area contributed by atoms with E-state index in [1.165, 1.54) is 6.92 Å². The second kappa shape index (κ2) is 7.54. The largest absolute Gasteiger partial charge is 0.306 e. The normalized spacial score (nSPS) is 10.4. The van der Waals surface area contributed by atoms with Gasteiger partial charge < -0.3 is 4.40 Å². The van der Waals surface area contributed by atoms with E-state index >= 15 is 0 Å². The summed E-state index contributed by atoms with van der Waals surface area (Å²) < 4.78 is 1.90. The first-order valence-electron chi connectivity index (χ1n) is 9.24. The number of fused-ring (bicyclic) bond motifs is 1. The number of nitrogens with zero attached hydrogens (tertiary/aromatic N) is 4. The molecule has 0 aliphatic heterocycles. The van der Waals surface area contributed by atoms with Crippen molar-refractivity contribution in [1.29, 1.82) is 5.26 Å². The van der Waals surface area contributed by atoms with E-state index in [2.05, 4.69) is 22.4 Å². The Morgan fingerprint density at radius 1 is 1.23 bits per heavy atom. The SMILES string of the molecule is C#CNc1nc(-c2cccc(C#N)c2C)c(-c2ccc3nccn3c2)cc1C(C)=O. The van der Waals surface area contributed by atoms with Crippen LogP contribution >= 0.6 is 0 Å². The number of Topliss-reactive ketones (excluding diaryl/α,β-unsaturated/α-hetero) is 1. The number of imidazole rings is 1. The molecule has 4 aromatic rings. The number of aromatic nitrogens is 3. The van der Waals surface area contributed by atoms with Gasteiger partial charge >= 0.3 is 0 Å². The van der Waals surface area contributed by atoms with Gasteiger partial charge in [0.25, 0.3) is 0 Å². The van der Waals surface area contributed by atoms with Crippen molar-refractivity contribution in [3.05, 3.63) is 71.7 Å². The molecule has 0 fully saturated rings. The molecule has 144 valence electrons. The molecule has 0 aliphatic carbocycles. The summed E-state index contributed by atoms with van der Waals surface area (Å²) in [5, 5.41) is 12.2. The molecule has 0 saturated heterocycles. The van der Waals surface area contributed by atoms with E-state index in [1.54, 1.807) is 18.3 Å². The fourth-order valence-electron chi connectivity index (χ4n) is 3.46. The van der Waals surface area contributed by atoms with Crippen LogP contribution in [0.1, 0.15) is 28.4 Å². The molecule has 0 amide bonds. The average Bonchev–Trinajstić information content (AvgIpc) is 3.21. The topological polar surface area (TPSA) is 83.1 Å². The van der Waals surface area contributed by atoms with Crippen LogP contribution in [0.15, 0.2) is 55.0 Å². The van der Waals surface area contributed by atoms with Crippen molar-refractivity contribution in [2.24, 2.45) is 0 Å². The van der Waals surface area contributed by atoms with Crippen LogP contribution in [-0.4, -0.2) is 20.2 Å². The van der Waals surface area contributed by atoms with Crippen molar-refractivity contribution in [2.45, 2.75) is 13.8 Å². The van der Waals surface area contributed by atoms with Crippen LogP contribution in [0.4, 0.5) is 5.82 Å². The molecule has 0 unspecified atom stereocenters. The van der Waals surface area contributed by atoms with Gasteiger partial charge in [-0.1, -0.05) is 18.6 Å². The molecule has 0 radical (unpaired) electrons. The molecule has 6 heteroatoms. The number of ketones is 1. The number of carbonyl (C=O) groups excluding carboxylic acids is 1. The van der Waals surface area contributed by atoms with E-state index in [0.717, 1.165) is 27.9 Å². The van der Waals surface area contributed by atoms with Crippen LogP contribution in [-0.2, 0) is 0 Å². The Morgan fingerprint density at radius 2 is 2.07 bits per heavy atom. The molecule has 0 bridgehead atoms. The molecule has 1 aromatic carbocycles. The fraction of sp³-hybridized carbons (Fsp3) is 0.0833. The van der Waals surface area contributed by atoms with Crippen molar-refractivity contribution < 1.29 is 4.79 Å². The maximum atomic E-state index is 12.3. The molecular formula is C24H17N5O. The summed E-state index contributed by atoms with van der Waals surface area (Å²) in [6.45, 7) is 3.36. The Labute approximate surface area is 173 Å². The van der Waals surface area contributed by atoms with Gasteiger partial charge in [0.2, 0.25) is 0 Å². The van der Waals surface area contributed by atoms with Crippen LogP contribution in [0.2, 0.25) is 0 Å². The second-order valence-corrected chi connectivity index (χ2v) is 6.81. The first-order chi connectivity index (χ1) is 14.5. The third-order valence-electron chi connectivity index (χ3n) is 5.00. The number of nitriles is 1. The first-order valence-corrected chi connectivity index (χ1v) is 9.24. The molecule has 0 atom stereocenters. The molecule has 3 heterocycles. The zero-order valence-electron chi connectivity index (χ0n) is 16.5. The Balaban J connectivity index is 2.07. The average molecular weight is 391 g/mol. The van der Waals surface area contributed by atoms with Gasteiger partial charge in [-0.3, -0.25) is 10.1 Å². The van der Waals surface area contributed by atoms with Gasteiger partial charge in [0.05, 0.1) is 22.9 Å². The molecule has 0 aliphatic rings. The van der Waals surface area contributed by atoms with Crippen LogP contribution < -0.4 is 5.32 Å². The molecule has 30 heavy (non-hydrogen) atoms. The lowest BCUT2D eigenvalue weighted by Gasteiger charge is -2.16. The zero-order chi connectivity index (χ0) is 21.3. The number of terminal acetylenes is 1. The van der Waals surface area contributed by atoms with E-state index in [9.17, 15) is 10.1 Å². The standard InChI is InChI=1S/C24H17N5O/c1-4-26-24-20(16(3)30)12-21(18-8-9-22-27-10-11-29(22)14-18)23(28-24)19-7-5-6-17(13-25)15(19)2/h1,5-12,14H,2-3H3,(H,26,28). The minimum atomic E-state index is -0.153. The Bertz CT molecular complexity index is 1390. The molecular weight excluding hydrogens is 374 g/mol. The maximum Gasteiger partial charge on any atom is 0.163 e. The lowest BCUT2D eigenvalue weighted by molar-refractivity contribution is 0.101. The number of anilines is 1. The highest BCUT2D eigenvalue weighted by molar-refractivity contribution is 6.02. The molecule has 0 spiro atoms. The minimum absolute atomic E-state index is 0.153. The van der Waals surface area contributed by atoms with Crippen molar-refractivity contribution in [1.82, 2.24) is 14.4 Å². The summed E-state index contributed by atoms with van der Waals surface area (Å²) >= 11 is 0. The lowest BCUT2D eigenvalue weighted by Crippen LogP contribution is -2.06. The third-order valence-corrected chi connectivity index (χ3v) is 5.00. The molecule has 6 nitrogen and oxygen atoms in total. The highest BCUT2D eigenvalue weighted by Crippen LogP contribution is 2.36. The summed E-state index contributed by atoms with van der Waals surface area (Å²) in [7, 11) is 0. The van der Waals surface area contributed by atoms with Crippen LogP contribution in [0.5, 0.6) is 0 Å². The molecule has 1 N–H and O–H groups in total. The molecule has 4 rings (SSSR count). The van der Waals surface area contributed by atoms with Crippen molar-refractivity contribution >= 4 is 17.2 Å². The number of hydrogen-bond acceptors (Lipinski definition) is 5. The van der Waals surface area contributed by atoms with E-state index in [-0.39, 0.29) is 5.78 Å². The number of rotatable bonds is 4. The van der Waals surface area contributed by atoms with E-state index in [0.29, 0.717) is 22.6 Å². The first kappa shape index (κ1) is 18.9. The van der Waals surface area contributed by atoms with Crippen molar-refractivity contribution in [3.8, 4) is 40.9 Å². The van der Waals surface area contributed by atoms with Gasteiger partial charge in [-0.25, -0.2) is 9.97 Å². The third kappa shape index (κ3) is 3.17. The summed E-state index contributed by atoms with van der Waals surface area (Å²) in [4.78, 5) is 21.3. The Morgan fingerprint density at radius 3 is 2.80 bits per heavy atom. The van der Waals surface area contributed by atoms with Crippen LogP contribution in [0.3, 0.4) is 0 Å². The number of pyridine rings is 2. The van der Waals surface area contributed by atoms with Gasteiger partial charge in [0, 0.05) is 41.3 Å². The van der Waals surface area contributed by atoms with Gasteiger partial charge in [-0.15, -0.1) is 0 Å². The predicted octanol–water partition coefficient (Wildman–Crippen LogP) is 4.45. The molecule has 3 aromatic heterocycles. The van der Waals surface area contributed by atoms with Gasteiger partial charge in [-0.2, -0.15) is 5.26 Å². The van der Waals surface area contributed by atoms with Crippen molar-refractivity contribution in [2.75, 3.05) is 5.32 Å². The summed E-state index contributed by atoms with van der Waals surface area (Å²) in [5.74, 6) is 0.161. The quantitative estimate of drug-likeness (QED) is 0.316. The lowest BCUT2D eigenvalue weighted by atomic mass is 9.93.